The van der Waals surface area contributed by atoms with Crippen LogP contribution in [0, 0.1) is 0 Å². The Balaban J connectivity index is 1.54. The summed E-state index contributed by atoms with van der Waals surface area (Å²) in [6.45, 7) is 9.11. The second-order valence-electron chi connectivity index (χ2n) is 8.38. The van der Waals surface area contributed by atoms with Gasteiger partial charge in [-0.1, -0.05) is 18.6 Å². The molecule has 3 rings (SSSR count). The number of carbonyl (C=O) groups is 2. The average Bonchev–Trinajstić information content (AvgIpc) is 2.75. The number of nitrogens with one attached hydrogen (secondary N) is 2. The third kappa shape index (κ3) is 5.95. The molecule has 0 aromatic heterocycles. The highest BCUT2D eigenvalue weighted by molar-refractivity contribution is 5.94. The minimum Gasteiger partial charge on any atom is -0.351 e. The molecule has 2 atom stereocenters. The molecule has 0 saturated carbocycles. The van der Waals surface area contributed by atoms with Gasteiger partial charge in [0.05, 0.1) is 0 Å². The van der Waals surface area contributed by atoms with Gasteiger partial charge in [0.2, 0.25) is 0 Å². The molecule has 3 amide bonds. The van der Waals surface area contributed by atoms with Gasteiger partial charge in [0, 0.05) is 50.2 Å². The molecule has 2 fully saturated rings. The first-order valence-corrected chi connectivity index (χ1v) is 11.2. The Bertz CT molecular complexity index is 693. The normalized spacial score (nSPS) is 22.9. The van der Waals surface area contributed by atoms with Crippen molar-refractivity contribution in [1.29, 1.82) is 0 Å². The summed E-state index contributed by atoms with van der Waals surface area (Å²) >= 11 is 0. The van der Waals surface area contributed by atoms with Crippen LogP contribution in [0.2, 0.25) is 0 Å². The van der Waals surface area contributed by atoms with Crippen molar-refractivity contribution < 1.29 is 9.59 Å². The van der Waals surface area contributed by atoms with Gasteiger partial charge in [-0.2, -0.15) is 0 Å². The largest absolute Gasteiger partial charge is 0.351 e. The number of amides is 3. The van der Waals surface area contributed by atoms with Crippen LogP contribution in [0.15, 0.2) is 24.3 Å². The molecule has 2 saturated heterocycles. The monoisotopic (exact) mass is 400 g/mol. The molecule has 6 heteroatoms. The van der Waals surface area contributed by atoms with E-state index in [1.54, 1.807) is 0 Å². The molecule has 0 radical (unpaired) electrons. The molecule has 6 nitrogen and oxygen atoms in total. The number of hydrogen-bond donors (Lipinski definition) is 2. The van der Waals surface area contributed by atoms with E-state index in [2.05, 4.69) is 28.5 Å². The minimum atomic E-state index is -0.00657. The molecular weight excluding hydrogens is 364 g/mol. The van der Waals surface area contributed by atoms with Gasteiger partial charge in [-0.25, -0.2) is 4.79 Å². The summed E-state index contributed by atoms with van der Waals surface area (Å²) < 4.78 is 0. The van der Waals surface area contributed by atoms with Crippen LogP contribution in [-0.2, 0) is 0 Å². The molecule has 29 heavy (non-hydrogen) atoms. The fourth-order valence-electron chi connectivity index (χ4n) is 4.54. The predicted octanol–water partition coefficient (Wildman–Crippen LogP) is 3.20. The molecule has 1 aromatic rings. The Labute approximate surface area is 175 Å². The van der Waals surface area contributed by atoms with Crippen LogP contribution in [0.5, 0.6) is 0 Å². The van der Waals surface area contributed by atoms with E-state index < -0.39 is 0 Å². The van der Waals surface area contributed by atoms with Crippen molar-refractivity contribution >= 4 is 11.9 Å². The number of nitrogens with zero attached hydrogens (tertiary/aromatic N) is 2. The van der Waals surface area contributed by atoms with Crippen LogP contribution < -0.4 is 10.6 Å². The van der Waals surface area contributed by atoms with Crippen molar-refractivity contribution in [3.63, 3.8) is 0 Å². The van der Waals surface area contributed by atoms with E-state index >= 15 is 0 Å². The summed E-state index contributed by atoms with van der Waals surface area (Å²) in [4.78, 5) is 29.2. The lowest BCUT2D eigenvalue weighted by Crippen LogP contribution is -2.44. The molecule has 160 valence electrons. The van der Waals surface area contributed by atoms with Gasteiger partial charge in [0.1, 0.15) is 0 Å². The highest BCUT2D eigenvalue weighted by atomic mass is 16.2. The summed E-state index contributed by atoms with van der Waals surface area (Å²) in [6.07, 6.45) is 5.87. The van der Waals surface area contributed by atoms with Gasteiger partial charge < -0.3 is 15.5 Å². The maximum absolute atomic E-state index is 12.7. The van der Waals surface area contributed by atoms with Gasteiger partial charge in [-0.15, -0.1) is 0 Å². The van der Waals surface area contributed by atoms with Crippen molar-refractivity contribution in [2.75, 3.05) is 39.3 Å². The summed E-state index contributed by atoms with van der Waals surface area (Å²) in [7, 11) is 0. The van der Waals surface area contributed by atoms with E-state index in [1.807, 2.05) is 30.0 Å². The Kier molecular flexibility index (Phi) is 7.92. The fourth-order valence-corrected chi connectivity index (χ4v) is 4.54. The SMILES string of the molecule is CCNC(=O)N1CCC[C@@H](c2cccc(C(=O)NCCN3CCCC[C@H]3C)c2)C1. The van der Waals surface area contributed by atoms with Crippen LogP contribution in [0.25, 0.3) is 0 Å². The molecule has 0 unspecified atom stereocenters. The lowest BCUT2D eigenvalue weighted by molar-refractivity contribution is 0.0938. The zero-order chi connectivity index (χ0) is 20.6. The molecule has 1 aromatic carbocycles. The molecule has 2 aliphatic rings. The second-order valence-corrected chi connectivity index (χ2v) is 8.38. The average molecular weight is 401 g/mol. The van der Waals surface area contributed by atoms with Gasteiger partial charge in [0.15, 0.2) is 0 Å². The van der Waals surface area contributed by atoms with E-state index in [-0.39, 0.29) is 17.9 Å². The summed E-state index contributed by atoms with van der Waals surface area (Å²) in [5.41, 5.74) is 1.86. The molecule has 2 N–H and O–H groups in total. The van der Waals surface area contributed by atoms with E-state index in [9.17, 15) is 9.59 Å². The van der Waals surface area contributed by atoms with Crippen LogP contribution in [0.4, 0.5) is 4.79 Å². The Morgan fingerprint density at radius 1 is 1.10 bits per heavy atom. The molecule has 0 spiro atoms. The number of likely N-dealkylation sites (tertiary alicyclic amines) is 2. The van der Waals surface area contributed by atoms with E-state index in [0.29, 0.717) is 31.2 Å². The maximum Gasteiger partial charge on any atom is 0.317 e. The topological polar surface area (TPSA) is 64.7 Å². The van der Waals surface area contributed by atoms with Crippen molar-refractivity contribution in [2.45, 2.75) is 57.9 Å². The van der Waals surface area contributed by atoms with Crippen LogP contribution in [0.1, 0.15) is 67.8 Å². The van der Waals surface area contributed by atoms with Crippen molar-refractivity contribution in [3.05, 3.63) is 35.4 Å². The summed E-state index contributed by atoms with van der Waals surface area (Å²) in [6, 6.07) is 8.55. The third-order valence-electron chi connectivity index (χ3n) is 6.28. The highest BCUT2D eigenvalue weighted by Gasteiger charge is 2.25. The molecule has 0 aliphatic carbocycles. The first-order valence-electron chi connectivity index (χ1n) is 11.2. The first kappa shape index (κ1) is 21.6. The van der Waals surface area contributed by atoms with Crippen molar-refractivity contribution in [1.82, 2.24) is 20.4 Å². The predicted molar refractivity (Wildman–Crippen MR) is 116 cm³/mol. The molecular formula is C23H36N4O2. The van der Waals surface area contributed by atoms with Gasteiger partial charge >= 0.3 is 6.03 Å². The molecule has 2 heterocycles. The Hall–Kier alpha value is -2.08. The number of piperidine rings is 2. The standard InChI is InChI=1S/C23H36N4O2/c1-3-24-23(29)27-14-7-11-21(17-27)19-9-6-10-20(16-19)22(28)25-12-15-26-13-5-4-8-18(26)2/h6,9-10,16,18,21H,3-5,7-8,11-15,17H2,1-2H3,(H,24,29)(H,25,28)/t18-,21-/m1/s1. The number of rotatable bonds is 6. The van der Waals surface area contributed by atoms with E-state index in [1.165, 1.54) is 19.3 Å². The quantitative estimate of drug-likeness (QED) is 0.771. The van der Waals surface area contributed by atoms with Crippen molar-refractivity contribution in [2.24, 2.45) is 0 Å². The van der Waals surface area contributed by atoms with Crippen LogP contribution in [-0.4, -0.2) is 67.0 Å². The molecule has 0 bridgehead atoms. The number of urea groups is 1. The zero-order valence-electron chi connectivity index (χ0n) is 18.0. The number of benzene rings is 1. The Morgan fingerprint density at radius 2 is 1.97 bits per heavy atom. The van der Waals surface area contributed by atoms with Gasteiger partial charge in [-0.3, -0.25) is 9.69 Å². The van der Waals surface area contributed by atoms with Crippen molar-refractivity contribution in [3.8, 4) is 0 Å². The van der Waals surface area contributed by atoms with Crippen LogP contribution in [0.3, 0.4) is 0 Å². The first-order chi connectivity index (χ1) is 14.1. The number of carbonyl (C=O) groups excluding carboxylic acids is 2. The van der Waals surface area contributed by atoms with Crippen LogP contribution >= 0.6 is 0 Å². The highest BCUT2D eigenvalue weighted by Crippen LogP contribution is 2.27. The van der Waals surface area contributed by atoms with E-state index in [0.717, 1.165) is 38.0 Å². The second kappa shape index (κ2) is 10.6. The molecule has 2 aliphatic heterocycles. The smallest absolute Gasteiger partial charge is 0.317 e. The Morgan fingerprint density at radius 3 is 2.76 bits per heavy atom. The summed E-state index contributed by atoms with van der Waals surface area (Å²) in [5, 5.41) is 5.97. The third-order valence-corrected chi connectivity index (χ3v) is 6.28. The van der Waals surface area contributed by atoms with Gasteiger partial charge in [-0.05, 0) is 63.8 Å². The maximum atomic E-state index is 12.7. The fraction of sp³-hybridized carbons (Fsp3) is 0.652. The van der Waals surface area contributed by atoms with E-state index in [4.69, 9.17) is 0 Å². The zero-order valence-corrected chi connectivity index (χ0v) is 18.0. The lowest BCUT2D eigenvalue weighted by Gasteiger charge is -2.33. The van der Waals surface area contributed by atoms with Gasteiger partial charge in [0.25, 0.3) is 5.91 Å². The minimum absolute atomic E-state index is 0.00657. The number of hydrogen-bond acceptors (Lipinski definition) is 3. The lowest BCUT2D eigenvalue weighted by atomic mass is 9.89. The summed E-state index contributed by atoms with van der Waals surface area (Å²) in [5.74, 6) is 0.279.